The van der Waals surface area contributed by atoms with E-state index in [-0.39, 0.29) is 23.4 Å². The highest BCUT2D eigenvalue weighted by Gasteiger charge is 2.31. The number of pyridine rings is 1. The van der Waals surface area contributed by atoms with E-state index < -0.39 is 6.10 Å². The Morgan fingerprint density at radius 3 is 2.83 bits per heavy atom. The van der Waals surface area contributed by atoms with Crippen molar-refractivity contribution in [2.75, 3.05) is 7.05 Å². The van der Waals surface area contributed by atoms with Crippen LogP contribution in [0.3, 0.4) is 0 Å². The summed E-state index contributed by atoms with van der Waals surface area (Å²) in [7, 11) is 1.65. The van der Waals surface area contributed by atoms with E-state index in [2.05, 4.69) is 4.98 Å². The number of aliphatic hydroxyl groups is 1. The van der Waals surface area contributed by atoms with Crippen LogP contribution in [-0.2, 0) is 0 Å². The maximum Gasteiger partial charge on any atom is 0.276 e. The zero-order chi connectivity index (χ0) is 13.1. The van der Waals surface area contributed by atoms with E-state index in [4.69, 9.17) is 0 Å². The van der Waals surface area contributed by atoms with E-state index in [0.29, 0.717) is 0 Å². The molecule has 2 N–H and O–H groups in total. The summed E-state index contributed by atoms with van der Waals surface area (Å²) in [6.45, 7) is 0. The van der Waals surface area contributed by atoms with Crippen LogP contribution in [0.5, 0.6) is 5.75 Å². The predicted molar refractivity (Wildman–Crippen MR) is 66.3 cm³/mol. The van der Waals surface area contributed by atoms with Crippen molar-refractivity contribution >= 4 is 5.91 Å². The molecule has 0 spiro atoms. The van der Waals surface area contributed by atoms with E-state index in [9.17, 15) is 15.0 Å². The van der Waals surface area contributed by atoms with Crippen LogP contribution in [-0.4, -0.2) is 45.2 Å². The number of hydrogen-bond donors (Lipinski definition) is 2. The number of aliphatic hydroxyl groups excluding tert-OH is 1. The van der Waals surface area contributed by atoms with Crippen LogP contribution in [0.1, 0.15) is 36.2 Å². The van der Waals surface area contributed by atoms with Gasteiger partial charge in [0.15, 0.2) is 5.69 Å². The van der Waals surface area contributed by atoms with Gasteiger partial charge in [-0.1, -0.05) is 12.8 Å². The summed E-state index contributed by atoms with van der Waals surface area (Å²) in [6.07, 6.45) is 4.49. The second-order valence-corrected chi connectivity index (χ2v) is 4.71. The van der Waals surface area contributed by atoms with Crippen LogP contribution in [0.4, 0.5) is 0 Å². The van der Waals surface area contributed by atoms with Gasteiger partial charge in [-0.15, -0.1) is 0 Å². The minimum Gasteiger partial charge on any atom is -0.505 e. The number of amides is 1. The molecule has 1 aliphatic carbocycles. The van der Waals surface area contributed by atoms with Gasteiger partial charge in [-0.3, -0.25) is 4.79 Å². The third-order valence-corrected chi connectivity index (χ3v) is 3.50. The third-order valence-electron chi connectivity index (χ3n) is 3.50. The number of aromatic nitrogens is 1. The number of hydrogen-bond acceptors (Lipinski definition) is 4. The van der Waals surface area contributed by atoms with Crippen LogP contribution in [0.15, 0.2) is 18.3 Å². The van der Waals surface area contributed by atoms with Gasteiger partial charge in [0.1, 0.15) is 5.75 Å². The normalized spacial score (nSPS) is 23.7. The number of carbonyl (C=O) groups is 1. The Labute approximate surface area is 106 Å². The summed E-state index contributed by atoms with van der Waals surface area (Å²) < 4.78 is 0. The lowest BCUT2D eigenvalue weighted by Crippen LogP contribution is -2.46. The van der Waals surface area contributed by atoms with Gasteiger partial charge in [-0.05, 0) is 25.0 Å². The molecule has 98 valence electrons. The summed E-state index contributed by atoms with van der Waals surface area (Å²) >= 11 is 0. The van der Waals surface area contributed by atoms with E-state index in [1.54, 1.807) is 13.1 Å². The van der Waals surface area contributed by atoms with Crippen molar-refractivity contribution in [1.29, 1.82) is 0 Å². The van der Waals surface area contributed by atoms with Gasteiger partial charge in [0, 0.05) is 13.2 Å². The third kappa shape index (κ3) is 2.46. The lowest BCUT2D eigenvalue weighted by Gasteiger charge is -2.35. The molecule has 1 saturated carbocycles. The molecule has 1 heterocycles. The van der Waals surface area contributed by atoms with Crippen LogP contribution in [0.2, 0.25) is 0 Å². The second kappa shape index (κ2) is 5.35. The number of likely N-dealkylation sites (N-methyl/N-ethyl adjacent to an activating group) is 1. The van der Waals surface area contributed by atoms with E-state index >= 15 is 0 Å². The molecular weight excluding hydrogens is 232 g/mol. The summed E-state index contributed by atoms with van der Waals surface area (Å²) in [5.41, 5.74) is 0.0396. The van der Waals surface area contributed by atoms with Crippen molar-refractivity contribution in [3.8, 4) is 5.75 Å². The average Bonchev–Trinajstić information content (AvgIpc) is 2.38. The monoisotopic (exact) mass is 250 g/mol. The minimum atomic E-state index is -0.487. The molecule has 5 nitrogen and oxygen atoms in total. The largest absolute Gasteiger partial charge is 0.505 e. The van der Waals surface area contributed by atoms with Crippen LogP contribution in [0, 0.1) is 0 Å². The summed E-state index contributed by atoms with van der Waals surface area (Å²) in [5.74, 6) is -0.473. The Balaban J connectivity index is 2.16. The molecule has 2 atom stereocenters. The molecule has 1 fully saturated rings. The van der Waals surface area contributed by atoms with Gasteiger partial charge in [-0.2, -0.15) is 0 Å². The van der Waals surface area contributed by atoms with Crippen molar-refractivity contribution in [2.24, 2.45) is 0 Å². The highest BCUT2D eigenvalue weighted by Crippen LogP contribution is 2.24. The minimum absolute atomic E-state index is 0.0396. The first-order valence-electron chi connectivity index (χ1n) is 6.20. The zero-order valence-electron chi connectivity index (χ0n) is 10.4. The maximum atomic E-state index is 12.2. The molecule has 1 amide bonds. The van der Waals surface area contributed by atoms with Gasteiger partial charge in [-0.25, -0.2) is 4.98 Å². The number of rotatable bonds is 2. The van der Waals surface area contributed by atoms with Gasteiger partial charge in [0.2, 0.25) is 0 Å². The molecular formula is C13H18N2O3. The Morgan fingerprint density at radius 2 is 2.17 bits per heavy atom. The molecule has 0 bridgehead atoms. The molecule has 2 rings (SSSR count). The fourth-order valence-electron chi connectivity index (χ4n) is 2.42. The Hall–Kier alpha value is -1.62. The lowest BCUT2D eigenvalue weighted by molar-refractivity contribution is 0.0262. The van der Waals surface area contributed by atoms with Crippen molar-refractivity contribution < 1.29 is 15.0 Å². The lowest BCUT2D eigenvalue weighted by atomic mass is 9.91. The van der Waals surface area contributed by atoms with Gasteiger partial charge < -0.3 is 15.1 Å². The molecule has 18 heavy (non-hydrogen) atoms. The van der Waals surface area contributed by atoms with Crippen molar-refractivity contribution in [2.45, 2.75) is 37.8 Å². The number of nitrogens with zero attached hydrogens (tertiary/aromatic N) is 2. The van der Waals surface area contributed by atoms with E-state index in [1.807, 2.05) is 0 Å². The molecule has 1 aliphatic rings. The Kier molecular flexibility index (Phi) is 3.81. The Bertz CT molecular complexity index is 436. The molecule has 1 aromatic heterocycles. The fraction of sp³-hybridized carbons (Fsp3) is 0.538. The van der Waals surface area contributed by atoms with Crippen molar-refractivity contribution in [1.82, 2.24) is 9.88 Å². The van der Waals surface area contributed by atoms with Gasteiger partial charge in [0.05, 0.1) is 12.1 Å². The first-order chi connectivity index (χ1) is 8.61. The molecule has 0 aromatic carbocycles. The van der Waals surface area contributed by atoms with Gasteiger partial charge in [0.25, 0.3) is 5.91 Å². The molecule has 0 aliphatic heterocycles. The molecule has 1 aromatic rings. The topological polar surface area (TPSA) is 73.7 Å². The fourth-order valence-corrected chi connectivity index (χ4v) is 2.42. The number of carbonyl (C=O) groups excluding carboxylic acids is 1. The molecule has 0 saturated heterocycles. The van der Waals surface area contributed by atoms with Crippen LogP contribution in [0.25, 0.3) is 0 Å². The van der Waals surface area contributed by atoms with Gasteiger partial charge >= 0.3 is 0 Å². The van der Waals surface area contributed by atoms with E-state index in [1.165, 1.54) is 17.2 Å². The second-order valence-electron chi connectivity index (χ2n) is 4.71. The average molecular weight is 250 g/mol. The molecule has 2 unspecified atom stereocenters. The first kappa shape index (κ1) is 12.8. The molecule has 5 heteroatoms. The number of aromatic hydroxyl groups is 1. The maximum absolute atomic E-state index is 12.2. The van der Waals surface area contributed by atoms with Crippen LogP contribution >= 0.6 is 0 Å². The smallest absolute Gasteiger partial charge is 0.276 e. The first-order valence-corrected chi connectivity index (χ1v) is 6.20. The SMILES string of the molecule is CN(C(=O)c1ncccc1O)C1CCCCC1O. The summed E-state index contributed by atoms with van der Waals surface area (Å²) in [5, 5.41) is 19.5. The summed E-state index contributed by atoms with van der Waals surface area (Å²) in [4.78, 5) is 17.6. The summed E-state index contributed by atoms with van der Waals surface area (Å²) in [6, 6.07) is 2.82. The van der Waals surface area contributed by atoms with E-state index in [0.717, 1.165) is 25.7 Å². The quantitative estimate of drug-likeness (QED) is 0.826. The Morgan fingerprint density at radius 1 is 1.44 bits per heavy atom. The standard InChI is InChI=1S/C13H18N2O3/c1-15(9-5-2-3-6-10(9)16)13(18)12-11(17)7-4-8-14-12/h4,7-10,16-17H,2-3,5-6H2,1H3. The van der Waals surface area contributed by atoms with Crippen LogP contribution < -0.4 is 0 Å². The molecule has 0 radical (unpaired) electrons. The predicted octanol–water partition coefficient (Wildman–Crippen LogP) is 1.16. The highest BCUT2D eigenvalue weighted by molar-refractivity contribution is 5.94. The zero-order valence-corrected chi connectivity index (χ0v) is 10.4. The van der Waals surface area contributed by atoms with Crippen molar-refractivity contribution in [3.63, 3.8) is 0 Å². The van der Waals surface area contributed by atoms with Crippen molar-refractivity contribution in [3.05, 3.63) is 24.0 Å². The highest BCUT2D eigenvalue weighted by atomic mass is 16.3.